The smallest absolute Gasteiger partial charge is 0.279 e. The van der Waals surface area contributed by atoms with Gasteiger partial charge in [0.05, 0.1) is 10.9 Å². The van der Waals surface area contributed by atoms with Crippen LogP contribution in [-0.2, 0) is 17.6 Å². The zero-order valence-electron chi connectivity index (χ0n) is 17.8. The van der Waals surface area contributed by atoms with Crippen molar-refractivity contribution < 1.29 is 9.59 Å². The summed E-state index contributed by atoms with van der Waals surface area (Å²) >= 11 is 2.76. The molecule has 0 fully saturated rings. The highest BCUT2D eigenvalue weighted by molar-refractivity contribution is 7.21. The van der Waals surface area contributed by atoms with E-state index in [0.29, 0.717) is 20.8 Å². The number of aromatic nitrogens is 3. The first-order valence-electron chi connectivity index (χ1n) is 10.6. The highest BCUT2D eigenvalue weighted by Crippen LogP contribution is 2.38. The molecule has 1 aliphatic carbocycles. The lowest BCUT2D eigenvalue weighted by Gasteiger charge is -2.13. The molecule has 0 spiro atoms. The van der Waals surface area contributed by atoms with Gasteiger partial charge in [-0.1, -0.05) is 35.5 Å². The van der Waals surface area contributed by atoms with Gasteiger partial charge in [-0.3, -0.25) is 14.4 Å². The van der Waals surface area contributed by atoms with E-state index in [2.05, 4.69) is 15.6 Å². The fourth-order valence-electron chi connectivity index (χ4n) is 4.10. The Kier molecular flexibility index (Phi) is 5.55. The van der Waals surface area contributed by atoms with E-state index in [1.165, 1.54) is 22.7 Å². The number of benzene rings is 1. The summed E-state index contributed by atoms with van der Waals surface area (Å²) in [4.78, 5) is 40.8. The number of primary amides is 1. The molecule has 10 heteroatoms. The van der Waals surface area contributed by atoms with Crippen molar-refractivity contribution in [1.82, 2.24) is 15.0 Å². The maximum Gasteiger partial charge on any atom is 0.279 e. The molecule has 4 aromatic rings. The van der Waals surface area contributed by atoms with Crippen LogP contribution in [0.25, 0.3) is 20.7 Å². The van der Waals surface area contributed by atoms with E-state index in [1.54, 1.807) is 13.0 Å². The monoisotopic (exact) mass is 479 g/mol. The Balaban J connectivity index is 1.45. The van der Waals surface area contributed by atoms with Crippen molar-refractivity contribution >= 4 is 49.7 Å². The second kappa shape index (κ2) is 8.53. The van der Waals surface area contributed by atoms with Gasteiger partial charge in [0.15, 0.2) is 4.83 Å². The van der Waals surface area contributed by atoms with Gasteiger partial charge in [0.2, 0.25) is 5.91 Å². The molecule has 168 valence electrons. The van der Waals surface area contributed by atoms with Crippen LogP contribution in [0.5, 0.6) is 0 Å². The fraction of sp³-hybridized carbons (Fsp3) is 0.261. The number of nitrogens with zero attached hydrogens (tertiary/aromatic N) is 3. The number of hydrogen-bond donors (Lipinski definition) is 2. The Morgan fingerprint density at radius 1 is 1.15 bits per heavy atom. The van der Waals surface area contributed by atoms with Gasteiger partial charge in [-0.2, -0.15) is 4.68 Å². The molecule has 2 amide bonds. The minimum absolute atomic E-state index is 0.384. The SMILES string of the molecule is CC(C(=O)Nc1sc2c(c1C(N)=O)CCCC2)n1nnc2sc(-c3ccccc3)cc2c1=O. The van der Waals surface area contributed by atoms with Crippen molar-refractivity contribution in [2.45, 2.75) is 38.6 Å². The number of carbonyl (C=O) groups is 2. The van der Waals surface area contributed by atoms with Crippen molar-refractivity contribution in [3.8, 4) is 10.4 Å². The molecule has 3 heterocycles. The Morgan fingerprint density at radius 3 is 2.67 bits per heavy atom. The summed E-state index contributed by atoms with van der Waals surface area (Å²) in [7, 11) is 0. The molecule has 33 heavy (non-hydrogen) atoms. The van der Waals surface area contributed by atoms with Gasteiger partial charge >= 0.3 is 0 Å². The topological polar surface area (TPSA) is 120 Å². The average molecular weight is 480 g/mol. The molecule has 1 unspecified atom stereocenters. The molecule has 1 atom stereocenters. The number of carbonyl (C=O) groups excluding carboxylic acids is 2. The zero-order chi connectivity index (χ0) is 23.1. The normalized spacial score (nSPS) is 14.1. The standard InChI is InChI=1S/C23H21N5O3S2/c1-12(20(30)25-22-18(19(24)29)14-9-5-6-10-16(14)32-22)28-23(31)15-11-17(33-21(15)26-27-28)13-7-3-2-4-8-13/h2-4,7-8,11-12H,5-6,9-10H2,1H3,(H2,24,29)(H,25,30). The van der Waals surface area contributed by atoms with Crippen molar-refractivity contribution in [2.75, 3.05) is 5.32 Å². The molecule has 3 N–H and O–H groups in total. The summed E-state index contributed by atoms with van der Waals surface area (Å²) in [5.41, 5.74) is 7.54. The number of thiophene rings is 2. The van der Waals surface area contributed by atoms with Gasteiger partial charge in [0.1, 0.15) is 11.0 Å². The van der Waals surface area contributed by atoms with Gasteiger partial charge in [-0.15, -0.1) is 27.8 Å². The average Bonchev–Trinajstić information content (AvgIpc) is 3.41. The molecule has 0 saturated heterocycles. The van der Waals surface area contributed by atoms with Crippen LogP contribution in [0.4, 0.5) is 5.00 Å². The highest BCUT2D eigenvalue weighted by Gasteiger charge is 2.27. The molecule has 3 aromatic heterocycles. The highest BCUT2D eigenvalue weighted by atomic mass is 32.1. The van der Waals surface area contributed by atoms with Crippen LogP contribution >= 0.6 is 22.7 Å². The van der Waals surface area contributed by atoms with Gasteiger partial charge < -0.3 is 11.1 Å². The molecular weight excluding hydrogens is 458 g/mol. The van der Waals surface area contributed by atoms with E-state index in [0.717, 1.165) is 51.2 Å². The number of hydrogen-bond acceptors (Lipinski definition) is 7. The molecule has 5 rings (SSSR count). The molecule has 1 aliphatic rings. The van der Waals surface area contributed by atoms with E-state index in [4.69, 9.17) is 5.73 Å². The molecule has 0 bridgehead atoms. The third-order valence-corrected chi connectivity index (χ3v) is 8.12. The van der Waals surface area contributed by atoms with Crippen LogP contribution in [0.3, 0.4) is 0 Å². The number of nitrogens with two attached hydrogens (primary N) is 1. The fourth-order valence-corrected chi connectivity index (χ4v) is 6.37. The third-order valence-electron chi connectivity index (χ3n) is 5.84. The minimum Gasteiger partial charge on any atom is -0.365 e. The second-order valence-electron chi connectivity index (χ2n) is 7.98. The third kappa shape index (κ3) is 3.85. The molecule has 0 aliphatic heterocycles. The lowest BCUT2D eigenvalue weighted by molar-refractivity contribution is -0.119. The predicted molar refractivity (Wildman–Crippen MR) is 130 cm³/mol. The Bertz CT molecular complexity index is 1440. The Labute approximate surface area is 197 Å². The number of amides is 2. The van der Waals surface area contributed by atoms with Crippen molar-refractivity contribution in [3.05, 3.63) is 62.8 Å². The van der Waals surface area contributed by atoms with Gasteiger partial charge in [-0.05, 0) is 49.8 Å². The minimum atomic E-state index is -0.922. The van der Waals surface area contributed by atoms with E-state index in [9.17, 15) is 14.4 Å². The first kappa shape index (κ1) is 21.5. The van der Waals surface area contributed by atoms with E-state index < -0.39 is 17.9 Å². The number of fused-ring (bicyclic) bond motifs is 2. The van der Waals surface area contributed by atoms with Crippen LogP contribution in [0.15, 0.2) is 41.2 Å². The van der Waals surface area contributed by atoms with E-state index in [1.807, 2.05) is 30.3 Å². The Morgan fingerprint density at radius 2 is 1.91 bits per heavy atom. The van der Waals surface area contributed by atoms with Crippen LogP contribution in [0.1, 0.15) is 46.6 Å². The maximum atomic E-state index is 13.1. The van der Waals surface area contributed by atoms with Crippen LogP contribution < -0.4 is 16.6 Å². The summed E-state index contributed by atoms with van der Waals surface area (Å²) in [6.07, 6.45) is 3.69. The second-order valence-corrected chi connectivity index (χ2v) is 10.1. The number of aryl methyl sites for hydroxylation is 1. The molecule has 8 nitrogen and oxygen atoms in total. The van der Waals surface area contributed by atoms with E-state index >= 15 is 0 Å². The van der Waals surface area contributed by atoms with Crippen LogP contribution in [-0.4, -0.2) is 26.8 Å². The number of anilines is 1. The lowest BCUT2D eigenvalue weighted by Crippen LogP contribution is -2.34. The molecule has 1 aromatic carbocycles. The molecule has 0 saturated carbocycles. The maximum absolute atomic E-state index is 13.1. The summed E-state index contributed by atoms with van der Waals surface area (Å²) in [6.45, 7) is 1.58. The van der Waals surface area contributed by atoms with Crippen molar-refractivity contribution in [2.24, 2.45) is 5.73 Å². The summed E-state index contributed by atoms with van der Waals surface area (Å²) < 4.78 is 1.08. The van der Waals surface area contributed by atoms with Crippen molar-refractivity contribution in [3.63, 3.8) is 0 Å². The quantitative estimate of drug-likeness (QED) is 0.452. The van der Waals surface area contributed by atoms with Crippen LogP contribution in [0, 0.1) is 0 Å². The first-order chi connectivity index (χ1) is 15.9. The van der Waals surface area contributed by atoms with E-state index in [-0.39, 0.29) is 5.56 Å². The van der Waals surface area contributed by atoms with Gasteiger partial charge in [-0.25, -0.2) is 0 Å². The molecule has 0 radical (unpaired) electrons. The summed E-state index contributed by atoms with van der Waals surface area (Å²) in [5.74, 6) is -1.01. The van der Waals surface area contributed by atoms with Crippen molar-refractivity contribution in [1.29, 1.82) is 0 Å². The number of nitrogens with one attached hydrogen (secondary N) is 1. The zero-order valence-corrected chi connectivity index (χ0v) is 19.5. The van der Waals surface area contributed by atoms with Gasteiger partial charge in [0.25, 0.3) is 11.5 Å². The number of rotatable bonds is 5. The summed E-state index contributed by atoms with van der Waals surface area (Å²) in [6, 6.07) is 10.6. The van der Waals surface area contributed by atoms with Crippen LogP contribution in [0.2, 0.25) is 0 Å². The summed E-state index contributed by atoms with van der Waals surface area (Å²) in [5, 5.41) is 11.9. The largest absolute Gasteiger partial charge is 0.365 e. The molecular formula is C23H21N5O3S2. The predicted octanol–water partition coefficient (Wildman–Crippen LogP) is 3.76. The Hall–Kier alpha value is -3.37. The lowest BCUT2D eigenvalue weighted by atomic mass is 9.95. The van der Waals surface area contributed by atoms with Gasteiger partial charge in [0, 0.05) is 9.75 Å². The first-order valence-corrected chi connectivity index (χ1v) is 12.3.